The molecule has 1 aromatic heterocycles. The summed E-state index contributed by atoms with van der Waals surface area (Å²) >= 11 is 1.87. The van der Waals surface area contributed by atoms with Crippen molar-refractivity contribution in [1.82, 2.24) is 4.57 Å². The SMILES string of the molecule is CCn1c(-c2c(F)cc(O)cc2F)ccc(I)c1=O. The summed E-state index contributed by atoms with van der Waals surface area (Å²) in [7, 11) is 0. The van der Waals surface area contributed by atoms with Gasteiger partial charge in [0.15, 0.2) is 0 Å². The Labute approximate surface area is 121 Å². The molecule has 2 aromatic rings. The molecule has 0 fully saturated rings. The highest BCUT2D eigenvalue weighted by atomic mass is 127. The van der Waals surface area contributed by atoms with Crippen LogP contribution in [0.4, 0.5) is 8.78 Å². The fourth-order valence-corrected chi connectivity index (χ4v) is 2.36. The van der Waals surface area contributed by atoms with Crippen molar-refractivity contribution in [2.24, 2.45) is 0 Å². The molecule has 19 heavy (non-hydrogen) atoms. The molecule has 2 rings (SSSR count). The van der Waals surface area contributed by atoms with Gasteiger partial charge in [-0.3, -0.25) is 4.79 Å². The summed E-state index contributed by atoms with van der Waals surface area (Å²) in [6.45, 7) is 2.02. The number of halogens is 3. The molecule has 0 bridgehead atoms. The van der Waals surface area contributed by atoms with E-state index in [9.17, 15) is 13.6 Å². The van der Waals surface area contributed by atoms with E-state index in [2.05, 4.69) is 0 Å². The minimum Gasteiger partial charge on any atom is -0.508 e. The van der Waals surface area contributed by atoms with Crippen LogP contribution in [0.2, 0.25) is 0 Å². The molecule has 6 heteroatoms. The second kappa shape index (κ2) is 5.28. The van der Waals surface area contributed by atoms with Gasteiger partial charge >= 0.3 is 0 Å². The van der Waals surface area contributed by atoms with E-state index >= 15 is 0 Å². The molecule has 0 aliphatic heterocycles. The fourth-order valence-electron chi connectivity index (χ4n) is 1.89. The van der Waals surface area contributed by atoms with E-state index < -0.39 is 17.4 Å². The summed E-state index contributed by atoms with van der Waals surface area (Å²) in [4.78, 5) is 11.9. The summed E-state index contributed by atoms with van der Waals surface area (Å²) in [5.41, 5.74) is -0.455. The minimum atomic E-state index is -0.902. The maximum Gasteiger partial charge on any atom is 0.264 e. The first-order valence-electron chi connectivity index (χ1n) is 5.53. The average molecular weight is 377 g/mol. The second-order valence-corrected chi connectivity index (χ2v) is 5.06. The molecule has 0 spiro atoms. The average Bonchev–Trinajstić information content (AvgIpc) is 2.32. The molecule has 0 radical (unpaired) electrons. The van der Waals surface area contributed by atoms with E-state index in [-0.39, 0.29) is 16.8 Å². The molecule has 0 atom stereocenters. The number of rotatable bonds is 2. The third-order valence-electron chi connectivity index (χ3n) is 2.73. The molecule has 1 heterocycles. The van der Waals surface area contributed by atoms with E-state index in [4.69, 9.17) is 5.11 Å². The van der Waals surface area contributed by atoms with Gasteiger partial charge in [0, 0.05) is 18.7 Å². The summed E-state index contributed by atoms with van der Waals surface area (Å²) in [6.07, 6.45) is 0. The fraction of sp³-hybridized carbons (Fsp3) is 0.154. The Balaban J connectivity index is 2.80. The lowest BCUT2D eigenvalue weighted by Gasteiger charge is -2.13. The van der Waals surface area contributed by atoms with Gasteiger partial charge in [-0.05, 0) is 41.6 Å². The minimum absolute atomic E-state index is 0.155. The van der Waals surface area contributed by atoms with Gasteiger partial charge < -0.3 is 9.67 Å². The predicted octanol–water partition coefficient (Wildman–Crippen LogP) is 3.12. The predicted molar refractivity (Wildman–Crippen MR) is 76.1 cm³/mol. The lowest BCUT2D eigenvalue weighted by molar-refractivity contribution is 0.461. The maximum absolute atomic E-state index is 13.8. The summed E-state index contributed by atoms with van der Waals surface area (Å²) in [5, 5.41) is 9.14. The van der Waals surface area contributed by atoms with Crippen LogP contribution in [-0.4, -0.2) is 9.67 Å². The highest BCUT2D eigenvalue weighted by Crippen LogP contribution is 2.28. The number of hydrogen-bond acceptors (Lipinski definition) is 2. The molecule has 3 nitrogen and oxygen atoms in total. The molecule has 0 aliphatic carbocycles. The van der Waals surface area contributed by atoms with E-state index in [1.165, 1.54) is 16.7 Å². The molecule has 0 saturated carbocycles. The molecule has 0 saturated heterocycles. The number of hydrogen-bond donors (Lipinski definition) is 1. The van der Waals surface area contributed by atoms with Gasteiger partial charge in [0.25, 0.3) is 5.56 Å². The van der Waals surface area contributed by atoms with Gasteiger partial charge in [-0.2, -0.15) is 0 Å². The van der Waals surface area contributed by atoms with E-state index in [1.54, 1.807) is 6.92 Å². The van der Waals surface area contributed by atoms with Crippen LogP contribution in [0.15, 0.2) is 29.1 Å². The lowest BCUT2D eigenvalue weighted by atomic mass is 10.1. The molecule has 100 valence electrons. The zero-order valence-corrected chi connectivity index (χ0v) is 12.1. The monoisotopic (exact) mass is 377 g/mol. The first-order chi connectivity index (χ1) is 8.95. The van der Waals surface area contributed by atoms with Gasteiger partial charge in [-0.15, -0.1) is 0 Å². The van der Waals surface area contributed by atoms with Crippen LogP contribution in [0, 0.1) is 15.2 Å². The van der Waals surface area contributed by atoms with Crippen molar-refractivity contribution in [3.05, 3.63) is 49.8 Å². The molecule has 0 amide bonds. The van der Waals surface area contributed by atoms with Gasteiger partial charge in [0.2, 0.25) is 0 Å². The van der Waals surface area contributed by atoms with Crippen molar-refractivity contribution in [2.45, 2.75) is 13.5 Å². The van der Waals surface area contributed by atoms with Crippen molar-refractivity contribution >= 4 is 22.6 Å². The number of phenols is 1. The van der Waals surface area contributed by atoms with Gasteiger partial charge in [-0.25, -0.2) is 8.78 Å². The maximum atomic E-state index is 13.8. The Morgan fingerprint density at radius 1 is 1.26 bits per heavy atom. The quantitative estimate of drug-likeness (QED) is 0.818. The number of aromatic hydroxyl groups is 1. The standard InChI is InChI=1S/C13H10F2INO2/c1-2-17-11(4-3-10(16)13(17)19)12-8(14)5-7(18)6-9(12)15/h3-6,18H,2H2,1H3. The summed E-state index contributed by atoms with van der Waals surface area (Å²) in [5.74, 6) is -2.30. The molecule has 0 unspecified atom stereocenters. The Morgan fingerprint density at radius 2 is 1.84 bits per heavy atom. The second-order valence-electron chi connectivity index (χ2n) is 3.90. The van der Waals surface area contributed by atoms with Crippen molar-refractivity contribution in [2.75, 3.05) is 0 Å². The molecule has 1 aromatic carbocycles. The normalized spacial score (nSPS) is 10.7. The van der Waals surface area contributed by atoms with Crippen LogP contribution in [-0.2, 0) is 6.54 Å². The van der Waals surface area contributed by atoms with Gasteiger partial charge in [0.1, 0.15) is 17.4 Å². The zero-order chi connectivity index (χ0) is 14.2. The highest BCUT2D eigenvalue weighted by molar-refractivity contribution is 14.1. The first kappa shape index (κ1) is 14.0. The van der Waals surface area contributed by atoms with Crippen LogP contribution < -0.4 is 5.56 Å². The van der Waals surface area contributed by atoms with Crippen LogP contribution in [0.25, 0.3) is 11.3 Å². The largest absolute Gasteiger partial charge is 0.508 e. The zero-order valence-electron chi connectivity index (χ0n) is 9.95. The number of aromatic nitrogens is 1. The molecule has 0 aliphatic rings. The third kappa shape index (κ3) is 2.49. The van der Waals surface area contributed by atoms with E-state index in [1.807, 2.05) is 22.6 Å². The van der Waals surface area contributed by atoms with Crippen molar-refractivity contribution < 1.29 is 13.9 Å². The number of pyridine rings is 1. The Kier molecular flexibility index (Phi) is 3.88. The third-order valence-corrected chi connectivity index (χ3v) is 3.55. The number of phenolic OH excluding ortho intramolecular Hbond substituents is 1. The summed E-state index contributed by atoms with van der Waals surface area (Å²) in [6, 6.07) is 4.64. The van der Waals surface area contributed by atoms with Crippen LogP contribution in [0.5, 0.6) is 5.75 Å². The smallest absolute Gasteiger partial charge is 0.264 e. The van der Waals surface area contributed by atoms with Crippen LogP contribution in [0.1, 0.15) is 6.92 Å². The topological polar surface area (TPSA) is 42.2 Å². The van der Waals surface area contributed by atoms with E-state index in [0.717, 1.165) is 12.1 Å². The summed E-state index contributed by atoms with van der Waals surface area (Å²) < 4.78 is 29.4. The van der Waals surface area contributed by atoms with Crippen molar-refractivity contribution in [1.29, 1.82) is 0 Å². The molecule has 1 N–H and O–H groups in total. The number of nitrogens with zero attached hydrogens (tertiary/aromatic N) is 1. The Morgan fingerprint density at radius 3 is 2.37 bits per heavy atom. The Bertz CT molecular complexity index is 675. The van der Waals surface area contributed by atoms with Gasteiger partial charge in [-0.1, -0.05) is 0 Å². The van der Waals surface area contributed by atoms with Gasteiger partial charge in [0.05, 0.1) is 14.8 Å². The van der Waals surface area contributed by atoms with Crippen molar-refractivity contribution in [3.8, 4) is 17.0 Å². The number of benzene rings is 1. The molecular weight excluding hydrogens is 367 g/mol. The van der Waals surface area contributed by atoms with Crippen molar-refractivity contribution in [3.63, 3.8) is 0 Å². The highest BCUT2D eigenvalue weighted by Gasteiger charge is 2.17. The Hall–Kier alpha value is -1.44. The van der Waals surface area contributed by atoms with Crippen LogP contribution >= 0.6 is 22.6 Å². The van der Waals surface area contributed by atoms with Crippen LogP contribution in [0.3, 0.4) is 0 Å². The molecular formula is C13H10F2INO2. The first-order valence-corrected chi connectivity index (χ1v) is 6.61. The van der Waals surface area contributed by atoms with E-state index in [0.29, 0.717) is 10.1 Å². The lowest BCUT2D eigenvalue weighted by Crippen LogP contribution is -2.23.